The molecule has 0 amide bonds. The fraction of sp³-hybridized carbons (Fsp3) is 0.571. The molecule has 16 heavy (non-hydrogen) atoms. The molecule has 1 fully saturated rings. The zero-order chi connectivity index (χ0) is 10.6. The molecule has 1 heterocycles. The molecule has 1 nitrogen and oxygen atoms in total. The Labute approximate surface area is 105 Å². The van der Waals surface area contributed by atoms with Crippen molar-refractivity contribution in [1.29, 1.82) is 0 Å². The van der Waals surface area contributed by atoms with Crippen molar-refractivity contribution in [1.82, 2.24) is 0 Å². The van der Waals surface area contributed by atoms with Crippen LogP contribution in [0.15, 0.2) is 30.3 Å². The van der Waals surface area contributed by atoms with E-state index in [1.807, 2.05) is 0 Å². The number of likely N-dealkylation sites (N-methyl/N-ethyl adjacent to an activating group) is 1. The van der Waals surface area contributed by atoms with Gasteiger partial charge in [0.05, 0.1) is 26.7 Å². The molecule has 0 atom stereocenters. The molecule has 2 heteroatoms. The van der Waals surface area contributed by atoms with Gasteiger partial charge in [-0.1, -0.05) is 30.3 Å². The Kier molecular flexibility index (Phi) is 5.30. The van der Waals surface area contributed by atoms with Crippen LogP contribution in [0.1, 0.15) is 24.8 Å². The van der Waals surface area contributed by atoms with E-state index in [0.717, 1.165) is 0 Å². The third-order valence-electron chi connectivity index (χ3n) is 3.68. The van der Waals surface area contributed by atoms with Gasteiger partial charge >= 0.3 is 0 Å². The number of likely N-dealkylation sites (tertiary alicyclic amines) is 1. The first-order chi connectivity index (χ1) is 7.29. The van der Waals surface area contributed by atoms with Gasteiger partial charge in [0.25, 0.3) is 0 Å². The number of benzene rings is 1. The second-order valence-electron chi connectivity index (χ2n) is 5.09. The molecule has 1 aromatic carbocycles. The van der Waals surface area contributed by atoms with Gasteiger partial charge in [-0.3, -0.25) is 0 Å². The molecular weight excluding hydrogens is 218 g/mol. The Morgan fingerprint density at radius 1 is 1.00 bits per heavy atom. The predicted molar refractivity (Wildman–Crippen MR) is 64.8 cm³/mol. The summed E-state index contributed by atoms with van der Waals surface area (Å²) in [5, 5.41) is 0. The molecule has 0 spiro atoms. The standard InChI is InChI=1S/C14H22N.ClH/c1-15(11-6-3-7-12-15)13-10-14-8-4-2-5-9-14;/h2,4-5,8-9H,3,6-7,10-13H2,1H3;1H/q+1;/p-1. The fourth-order valence-electron chi connectivity index (χ4n) is 2.54. The minimum absolute atomic E-state index is 0. The van der Waals surface area contributed by atoms with Gasteiger partial charge in [0.1, 0.15) is 0 Å². The average molecular weight is 240 g/mol. The van der Waals surface area contributed by atoms with E-state index in [9.17, 15) is 0 Å². The lowest BCUT2D eigenvalue weighted by molar-refractivity contribution is -0.913. The van der Waals surface area contributed by atoms with E-state index >= 15 is 0 Å². The van der Waals surface area contributed by atoms with E-state index in [1.54, 1.807) is 0 Å². The molecule has 1 aliphatic heterocycles. The van der Waals surface area contributed by atoms with Gasteiger partial charge in [-0.05, 0) is 24.8 Å². The summed E-state index contributed by atoms with van der Waals surface area (Å²) in [5.74, 6) is 0. The van der Waals surface area contributed by atoms with Crippen LogP contribution in [0.4, 0.5) is 0 Å². The molecule has 90 valence electrons. The van der Waals surface area contributed by atoms with E-state index in [2.05, 4.69) is 37.4 Å². The fourth-order valence-corrected chi connectivity index (χ4v) is 2.54. The van der Waals surface area contributed by atoms with Crippen LogP contribution in [-0.4, -0.2) is 31.2 Å². The Balaban J connectivity index is 0.00000128. The van der Waals surface area contributed by atoms with Crippen LogP contribution in [-0.2, 0) is 6.42 Å². The Bertz CT molecular complexity index is 291. The van der Waals surface area contributed by atoms with Gasteiger partial charge in [-0.25, -0.2) is 0 Å². The quantitative estimate of drug-likeness (QED) is 0.645. The zero-order valence-electron chi connectivity index (χ0n) is 10.2. The van der Waals surface area contributed by atoms with Gasteiger partial charge in [0, 0.05) is 6.42 Å². The molecule has 2 rings (SSSR count). The van der Waals surface area contributed by atoms with Crippen molar-refractivity contribution >= 4 is 0 Å². The summed E-state index contributed by atoms with van der Waals surface area (Å²) >= 11 is 0. The number of quaternary nitrogens is 1. The lowest BCUT2D eigenvalue weighted by atomic mass is 10.1. The summed E-state index contributed by atoms with van der Waals surface area (Å²) < 4.78 is 1.29. The number of hydrogen-bond acceptors (Lipinski definition) is 0. The predicted octanol–water partition coefficient (Wildman–Crippen LogP) is -0.136. The first-order valence-electron chi connectivity index (χ1n) is 6.16. The van der Waals surface area contributed by atoms with E-state index in [4.69, 9.17) is 0 Å². The largest absolute Gasteiger partial charge is 1.00 e. The van der Waals surface area contributed by atoms with Crippen molar-refractivity contribution in [2.45, 2.75) is 25.7 Å². The van der Waals surface area contributed by atoms with Crippen LogP contribution in [0.3, 0.4) is 0 Å². The number of piperidine rings is 1. The number of hydrogen-bond donors (Lipinski definition) is 0. The first kappa shape index (κ1) is 13.5. The Hall–Kier alpha value is -0.530. The van der Waals surface area contributed by atoms with Crippen LogP contribution in [0.5, 0.6) is 0 Å². The van der Waals surface area contributed by atoms with Crippen molar-refractivity contribution < 1.29 is 16.9 Å². The average Bonchev–Trinajstić information content (AvgIpc) is 2.29. The monoisotopic (exact) mass is 239 g/mol. The third kappa shape index (κ3) is 3.80. The van der Waals surface area contributed by atoms with Crippen LogP contribution < -0.4 is 12.4 Å². The molecule has 0 aliphatic carbocycles. The maximum atomic E-state index is 2.42. The maximum absolute atomic E-state index is 2.42. The second kappa shape index (κ2) is 6.27. The van der Waals surface area contributed by atoms with Gasteiger partial charge in [0.15, 0.2) is 0 Å². The van der Waals surface area contributed by atoms with Crippen LogP contribution >= 0.6 is 0 Å². The van der Waals surface area contributed by atoms with Crippen molar-refractivity contribution in [3.63, 3.8) is 0 Å². The van der Waals surface area contributed by atoms with Crippen LogP contribution in [0.25, 0.3) is 0 Å². The topological polar surface area (TPSA) is 0 Å². The minimum Gasteiger partial charge on any atom is -1.00 e. The van der Waals surface area contributed by atoms with E-state index in [-0.39, 0.29) is 12.4 Å². The zero-order valence-corrected chi connectivity index (χ0v) is 10.9. The van der Waals surface area contributed by atoms with Gasteiger partial charge in [-0.15, -0.1) is 0 Å². The van der Waals surface area contributed by atoms with Gasteiger partial charge in [0.2, 0.25) is 0 Å². The van der Waals surface area contributed by atoms with Crippen molar-refractivity contribution in [2.24, 2.45) is 0 Å². The molecule has 1 aliphatic rings. The molecule has 0 saturated carbocycles. The second-order valence-corrected chi connectivity index (χ2v) is 5.09. The molecule has 0 unspecified atom stereocenters. The van der Waals surface area contributed by atoms with Crippen molar-refractivity contribution in [3.8, 4) is 0 Å². The lowest BCUT2D eigenvalue weighted by Gasteiger charge is -2.37. The lowest BCUT2D eigenvalue weighted by Crippen LogP contribution is -3.00. The number of nitrogens with zero attached hydrogens (tertiary/aromatic N) is 1. The molecule has 0 bridgehead atoms. The summed E-state index contributed by atoms with van der Waals surface area (Å²) in [6, 6.07) is 10.9. The SMILES string of the molecule is C[N+]1(CCc2ccccc2)CCCCC1.[Cl-]. The summed E-state index contributed by atoms with van der Waals surface area (Å²) in [6.45, 7) is 4.07. The summed E-state index contributed by atoms with van der Waals surface area (Å²) in [7, 11) is 2.42. The van der Waals surface area contributed by atoms with Gasteiger partial charge in [-0.2, -0.15) is 0 Å². The van der Waals surface area contributed by atoms with E-state index < -0.39 is 0 Å². The maximum Gasteiger partial charge on any atom is 0.0825 e. The summed E-state index contributed by atoms with van der Waals surface area (Å²) in [5.41, 5.74) is 1.49. The highest BCUT2D eigenvalue weighted by atomic mass is 35.5. The molecule has 0 aromatic heterocycles. The highest BCUT2D eigenvalue weighted by Gasteiger charge is 2.23. The van der Waals surface area contributed by atoms with E-state index in [0.29, 0.717) is 0 Å². The number of halogens is 1. The summed E-state index contributed by atoms with van der Waals surface area (Å²) in [4.78, 5) is 0. The van der Waals surface area contributed by atoms with Gasteiger partial charge < -0.3 is 16.9 Å². The smallest absolute Gasteiger partial charge is 0.0825 e. The third-order valence-corrected chi connectivity index (χ3v) is 3.68. The summed E-state index contributed by atoms with van der Waals surface area (Å²) in [6.07, 6.45) is 5.52. The Morgan fingerprint density at radius 2 is 1.62 bits per heavy atom. The number of rotatable bonds is 3. The van der Waals surface area contributed by atoms with Crippen LogP contribution in [0, 0.1) is 0 Å². The molecule has 1 aromatic rings. The molecular formula is C14H22ClN. The molecule has 0 radical (unpaired) electrons. The van der Waals surface area contributed by atoms with Crippen molar-refractivity contribution in [2.75, 3.05) is 26.7 Å². The minimum atomic E-state index is 0. The van der Waals surface area contributed by atoms with E-state index in [1.165, 1.54) is 55.4 Å². The highest BCUT2D eigenvalue weighted by molar-refractivity contribution is 5.14. The Morgan fingerprint density at radius 3 is 2.25 bits per heavy atom. The highest BCUT2D eigenvalue weighted by Crippen LogP contribution is 2.17. The molecule has 0 N–H and O–H groups in total. The first-order valence-corrected chi connectivity index (χ1v) is 6.16. The normalized spacial score (nSPS) is 18.8. The molecule has 1 saturated heterocycles. The van der Waals surface area contributed by atoms with Crippen molar-refractivity contribution in [3.05, 3.63) is 35.9 Å². The van der Waals surface area contributed by atoms with Crippen LogP contribution in [0.2, 0.25) is 0 Å².